The van der Waals surface area contributed by atoms with Gasteiger partial charge in [-0.25, -0.2) is 9.37 Å². The summed E-state index contributed by atoms with van der Waals surface area (Å²) in [5.74, 6) is 0.202. The van der Waals surface area contributed by atoms with Gasteiger partial charge in [-0.15, -0.1) is 11.3 Å². The SMILES string of the molecule is COc1ccccc1NC(=O)CCc1csc(-c2ccccc2F)n1. The van der Waals surface area contributed by atoms with Gasteiger partial charge < -0.3 is 10.1 Å². The van der Waals surface area contributed by atoms with E-state index in [1.807, 2.05) is 17.5 Å². The molecule has 0 atom stereocenters. The molecule has 1 aromatic heterocycles. The van der Waals surface area contributed by atoms with Crippen molar-refractivity contribution in [3.8, 4) is 16.3 Å². The number of carbonyl (C=O) groups is 1. The Morgan fingerprint density at radius 1 is 1.20 bits per heavy atom. The van der Waals surface area contributed by atoms with Gasteiger partial charge in [-0.3, -0.25) is 4.79 Å². The van der Waals surface area contributed by atoms with E-state index in [2.05, 4.69) is 10.3 Å². The first-order valence-electron chi connectivity index (χ1n) is 7.79. The van der Waals surface area contributed by atoms with Crippen molar-refractivity contribution in [3.05, 3.63) is 65.4 Å². The van der Waals surface area contributed by atoms with Crippen LogP contribution in [0.5, 0.6) is 5.75 Å². The van der Waals surface area contributed by atoms with Gasteiger partial charge in [0.1, 0.15) is 16.6 Å². The van der Waals surface area contributed by atoms with Crippen LogP contribution in [0.2, 0.25) is 0 Å². The average Bonchev–Trinajstić information content (AvgIpc) is 3.09. The topological polar surface area (TPSA) is 51.2 Å². The molecule has 0 aliphatic rings. The van der Waals surface area contributed by atoms with Crippen LogP contribution in [0.3, 0.4) is 0 Å². The molecule has 0 unspecified atom stereocenters. The van der Waals surface area contributed by atoms with Crippen molar-refractivity contribution >= 4 is 22.9 Å². The summed E-state index contributed by atoms with van der Waals surface area (Å²) in [6.07, 6.45) is 0.782. The molecule has 3 aromatic rings. The number of rotatable bonds is 6. The zero-order chi connectivity index (χ0) is 17.6. The number of aryl methyl sites for hydroxylation is 1. The van der Waals surface area contributed by atoms with Gasteiger partial charge in [-0.05, 0) is 30.7 Å². The second kappa shape index (κ2) is 7.90. The normalized spacial score (nSPS) is 10.5. The van der Waals surface area contributed by atoms with E-state index in [0.717, 1.165) is 5.69 Å². The quantitative estimate of drug-likeness (QED) is 0.706. The lowest BCUT2D eigenvalue weighted by atomic mass is 10.2. The number of benzene rings is 2. The third-order valence-electron chi connectivity index (χ3n) is 3.65. The Hall–Kier alpha value is -2.73. The van der Waals surface area contributed by atoms with Crippen molar-refractivity contribution in [2.45, 2.75) is 12.8 Å². The maximum absolute atomic E-state index is 13.8. The molecule has 0 spiro atoms. The summed E-state index contributed by atoms with van der Waals surface area (Å²) in [6, 6.07) is 13.8. The van der Waals surface area contributed by atoms with Crippen molar-refractivity contribution < 1.29 is 13.9 Å². The molecule has 4 nitrogen and oxygen atoms in total. The minimum atomic E-state index is -0.294. The number of anilines is 1. The predicted octanol–water partition coefficient (Wildman–Crippen LogP) is 4.53. The second-order valence-corrected chi connectivity index (χ2v) is 6.23. The van der Waals surface area contributed by atoms with Crippen LogP contribution in [0, 0.1) is 5.82 Å². The zero-order valence-electron chi connectivity index (χ0n) is 13.7. The molecular formula is C19H17FN2O2S. The van der Waals surface area contributed by atoms with Crippen molar-refractivity contribution in [1.29, 1.82) is 0 Å². The van der Waals surface area contributed by atoms with Crippen LogP contribution < -0.4 is 10.1 Å². The molecule has 0 saturated heterocycles. The van der Waals surface area contributed by atoms with Gasteiger partial charge in [0.05, 0.1) is 18.5 Å². The standard InChI is InChI=1S/C19H17FN2O2S/c1-24-17-9-5-4-8-16(17)22-18(23)11-10-13-12-25-19(21-13)14-6-2-3-7-15(14)20/h2-9,12H,10-11H2,1H3,(H,22,23). The largest absolute Gasteiger partial charge is 0.495 e. The van der Waals surface area contributed by atoms with Gasteiger partial charge >= 0.3 is 0 Å². The fraction of sp³-hybridized carbons (Fsp3) is 0.158. The fourth-order valence-electron chi connectivity index (χ4n) is 2.38. The van der Waals surface area contributed by atoms with E-state index >= 15 is 0 Å². The van der Waals surface area contributed by atoms with Crippen molar-refractivity contribution in [2.24, 2.45) is 0 Å². The number of thiazole rings is 1. The Labute approximate surface area is 149 Å². The number of carbonyl (C=O) groups excluding carboxylic acids is 1. The number of methoxy groups -OCH3 is 1. The third kappa shape index (κ3) is 4.22. The van der Waals surface area contributed by atoms with Gasteiger partial charge in [-0.1, -0.05) is 24.3 Å². The van der Waals surface area contributed by atoms with Gasteiger partial charge in [0.2, 0.25) is 5.91 Å². The lowest BCUT2D eigenvalue weighted by Gasteiger charge is -2.09. The third-order valence-corrected chi connectivity index (χ3v) is 4.57. The highest BCUT2D eigenvalue weighted by atomic mass is 32.1. The molecule has 3 rings (SSSR count). The average molecular weight is 356 g/mol. The van der Waals surface area contributed by atoms with Gasteiger partial charge in [0.15, 0.2) is 0 Å². The smallest absolute Gasteiger partial charge is 0.224 e. The number of halogens is 1. The Kier molecular flexibility index (Phi) is 5.40. The highest BCUT2D eigenvalue weighted by Gasteiger charge is 2.11. The van der Waals surface area contributed by atoms with Crippen LogP contribution in [-0.2, 0) is 11.2 Å². The first-order chi connectivity index (χ1) is 12.2. The van der Waals surface area contributed by atoms with E-state index in [-0.39, 0.29) is 11.7 Å². The molecule has 1 heterocycles. The van der Waals surface area contributed by atoms with Crippen LogP contribution in [0.4, 0.5) is 10.1 Å². The number of hydrogen-bond acceptors (Lipinski definition) is 4. The molecule has 2 aromatic carbocycles. The maximum Gasteiger partial charge on any atom is 0.224 e. The lowest BCUT2D eigenvalue weighted by molar-refractivity contribution is -0.116. The monoisotopic (exact) mass is 356 g/mol. The first kappa shape index (κ1) is 17.1. The molecule has 0 aliphatic carbocycles. The number of amides is 1. The van der Waals surface area contributed by atoms with Gasteiger partial charge in [0, 0.05) is 17.4 Å². The molecule has 0 bridgehead atoms. The Morgan fingerprint density at radius 2 is 1.96 bits per heavy atom. The Morgan fingerprint density at radius 3 is 2.76 bits per heavy atom. The van der Waals surface area contributed by atoms with E-state index in [1.54, 1.807) is 37.4 Å². The summed E-state index contributed by atoms with van der Waals surface area (Å²) in [5, 5.41) is 5.31. The van der Waals surface area contributed by atoms with Crippen molar-refractivity contribution in [2.75, 3.05) is 12.4 Å². The summed E-state index contributed by atoms with van der Waals surface area (Å²) in [5.41, 5.74) is 1.90. The van der Waals surface area contributed by atoms with Crippen LogP contribution >= 0.6 is 11.3 Å². The number of nitrogens with one attached hydrogen (secondary N) is 1. The van der Waals surface area contributed by atoms with E-state index < -0.39 is 0 Å². The van der Waals surface area contributed by atoms with Crippen molar-refractivity contribution in [1.82, 2.24) is 4.98 Å². The van der Waals surface area contributed by atoms with E-state index in [1.165, 1.54) is 17.4 Å². The highest BCUT2D eigenvalue weighted by molar-refractivity contribution is 7.13. The number of ether oxygens (including phenoxy) is 1. The fourth-order valence-corrected chi connectivity index (χ4v) is 3.26. The van der Waals surface area contributed by atoms with Crippen LogP contribution in [0.1, 0.15) is 12.1 Å². The summed E-state index contributed by atoms with van der Waals surface area (Å²) in [4.78, 5) is 16.6. The number of hydrogen-bond donors (Lipinski definition) is 1. The van der Waals surface area contributed by atoms with Crippen LogP contribution in [0.15, 0.2) is 53.9 Å². The Bertz CT molecular complexity index is 879. The summed E-state index contributed by atoms with van der Waals surface area (Å²) in [7, 11) is 1.56. The van der Waals surface area contributed by atoms with Crippen molar-refractivity contribution in [3.63, 3.8) is 0 Å². The lowest BCUT2D eigenvalue weighted by Crippen LogP contribution is -2.13. The first-order valence-corrected chi connectivity index (χ1v) is 8.67. The minimum absolute atomic E-state index is 0.120. The second-order valence-electron chi connectivity index (χ2n) is 5.37. The molecule has 128 valence electrons. The van der Waals surface area contributed by atoms with Crippen LogP contribution in [0.25, 0.3) is 10.6 Å². The van der Waals surface area contributed by atoms with E-state index in [0.29, 0.717) is 34.8 Å². The number of nitrogens with zero attached hydrogens (tertiary/aromatic N) is 1. The molecule has 0 radical (unpaired) electrons. The molecule has 0 saturated carbocycles. The molecule has 1 amide bonds. The molecule has 25 heavy (non-hydrogen) atoms. The zero-order valence-corrected chi connectivity index (χ0v) is 14.5. The van der Waals surface area contributed by atoms with Crippen LogP contribution in [-0.4, -0.2) is 18.0 Å². The van der Waals surface area contributed by atoms with E-state index in [4.69, 9.17) is 4.74 Å². The molecule has 1 N–H and O–H groups in total. The summed E-state index contributed by atoms with van der Waals surface area (Å²) < 4.78 is 19.0. The molecule has 0 aliphatic heterocycles. The molecule has 0 fully saturated rings. The summed E-state index contributed by atoms with van der Waals surface area (Å²) in [6.45, 7) is 0. The van der Waals surface area contributed by atoms with Gasteiger partial charge in [-0.2, -0.15) is 0 Å². The Balaban J connectivity index is 1.61. The molecule has 6 heteroatoms. The number of para-hydroxylation sites is 2. The van der Waals surface area contributed by atoms with E-state index in [9.17, 15) is 9.18 Å². The molecular weight excluding hydrogens is 339 g/mol. The highest BCUT2D eigenvalue weighted by Crippen LogP contribution is 2.27. The predicted molar refractivity (Wildman–Crippen MR) is 97.5 cm³/mol. The minimum Gasteiger partial charge on any atom is -0.495 e. The maximum atomic E-state index is 13.8. The van der Waals surface area contributed by atoms with Gasteiger partial charge in [0.25, 0.3) is 0 Å². The number of aromatic nitrogens is 1. The summed E-state index contributed by atoms with van der Waals surface area (Å²) >= 11 is 1.38.